The molecule has 0 fully saturated rings. The van der Waals surface area contributed by atoms with Gasteiger partial charge in [0.25, 0.3) is 0 Å². The quantitative estimate of drug-likeness (QED) is 0.588. The standard InChI is InChI=1S/C12H18ClN5O2/c1-19-6-3-4-18(5-7-20-2)11-9-8-14-17-10(9)15-12(13)16-11/h8H,3-7H2,1-2H3,(H,14,15,16,17). The molecule has 110 valence electrons. The lowest BCUT2D eigenvalue weighted by molar-refractivity contribution is 0.191. The molecular weight excluding hydrogens is 282 g/mol. The van der Waals surface area contributed by atoms with Crippen molar-refractivity contribution < 1.29 is 9.47 Å². The van der Waals surface area contributed by atoms with E-state index in [1.165, 1.54) is 0 Å². The molecule has 7 nitrogen and oxygen atoms in total. The molecule has 0 atom stereocenters. The fourth-order valence-corrected chi connectivity index (χ4v) is 2.12. The van der Waals surface area contributed by atoms with E-state index in [1.807, 2.05) is 0 Å². The van der Waals surface area contributed by atoms with Crippen molar-refractivity contribution in [3.8, 4) is 0 Å². The van der Waals surface area contributed by atoms with Gasteiger partial charge >= 0.3 is 0 Å². The number of ether oxygens (including phenoxy) is 2. The Hall–Kier alpha value is -1.44. The first-order valence-electron chi connectivity index (χ1n) is 6.35. The molecule has 0 amide bonds. The molecule has 0 aliphatic carbocycles. The Morgan fingerprint density at radius 3 is 2.75 bits per heavy atom. The van der Waals surface area contributed by atoms with Gasteiger partial charge in [0, 0.05) is 33.9 Å². The molecule has 0 saturated heterocycles. The van der Waals surface area contributed by atoms with Crippen LogP contribution in [0.3, 0.4) is 0 Å². The van der Waals surface area contributed by atoms with Gasteiger partial charge in [-0.25, -0.2) is 0 Å². The molecule has 0 saturated carbocycles. The summed E-state index contributed by atoms with van der Waals surface area (Å²) in [6, 6.07) is 0. The summed E-state index contributed by atoms with van der Waals surface area (Å²) in [6.45, 7) is 2.81. The number of H-pyrrole nitrogens is 1. The number of nitrogens with zero attached hydrogens (tertiary/aromatic N) is 4. The van der Waals surface area contributed by atoms with Crippen LogP contribution in [0.2, 0.25) is 5.28 Å². The number of anilines is 1. The Kier molecular flexibility index (Phi) is 5.51. The van der Waals surface area contributed by atoms with Gasteiger partial charge in [-0.2, -0.15) is 15.1 Å². The van der Waals surface area contributed by atoms with Crippen LogP contribution in [0.1, 0.15) is 6.42 Å². The molecular formula is C12H18ClN5O2. The van der Waals surface area contributed by atoms with Crippen LogP contribution < -0.4 is 4.90 Å². The van der Waals surface area contributed by atoms with Crippen LogP contribution in [-0.4, -0.2) is 60.7 Å². The summed E-state index contributed by atoms with van der Waals surface area (Å²) in [4.78, 5) is 10.5. The Morgan fingerprint density at radius 1 is 1.20 bits per heavy atom. The molecule has 0 bridgehead atoms. The number of halogens is 1. The lowest BCUT2D eigenvalue weighted by Gasteiger charge is -2.23. The number of fused-ring (bicyclic) bond motifs is 1. The van der Waals surface area contributed by atoms with Gasteiger partial charge in [-0.3, -0.25) is 5.10 Å². The van der Waals surface area contributed by atoms with Crippen molar-refractivity contribution in [3.05, 3.63) is 11.5 Å². The van der Waals surface area contributed by atoms with Crippen molar-refractivity contribution in [2.24, 2.45) is 0 Å². The molecule has 2 aromatic rings. The smallest absolute Gasteiger partial charge is 0.226 e. The minimum Gasteiger partial charge on any atom is -0.385 e. The van der Waals surface area contributed by atoms with Gasteiger partial charge in [0.15, 0.2) is 5.65 Å². The van der Waals surface area contributed by atoms with Crippen LogP contribution in [0.4, 0.5) is 5.82 Å². The van der Waals surface area contributed by atoms with Gasteiger partial charge in [0.2, 0.25) is 5.28 Å². The van der Waals surface area contributed by atoms with Crippen molar-refractivity contribution in [3.63, 3.8) is 0 Å². The fourth-order valence-electron chi connectivity index (χ4n) is 1.96. The highest BCUT2D eigenvalue weighted by molar-refractivity contribution is 6.28. The van der Waals surface area contributed by atoms with E-state index in [1.54, 1.807) is 20.4 Å². The molecule has 2 rings (SSSR count). The van der Waals surface area contributed by atoms with Crippen molar-refractivity contribution in [2.45, 2.75) is 6.42 Å². The Bertz CT molecular complexity index is 548. The summed E-state index contributed by atoms with van der Waals surface area (Å²) in [5, 5.41) is 7.85. The summed E-state index contributed by atoms with van der Waals surface area (Å²) in [6.07, 6.45) is 2.60. The zero-order valence-electron chi connectivity index (χ0n) is 11.6. The van der Waals surface area contributed by atoms with E-state index < -0.39 is 0 Å². The van der Waals surface area contributed by atoms with Gasteiger partial charge in [-0.15, -0.1) is 0 Å². The van der Waals surface area contributed by atoms with Crippen LogP contribution in [-0.2, 0) is 9.47 Å². The lowest BCUT2D eigenvalue weighted by Crippen LogP contribution is -2.30. The summed E-state index contributed by atoms with van der Waals surface area (Å²) in [7, 11) is 3.36. The summed E-state index contributed by atoms with van der Waals surface area (Å²) < 4.78 is 10.2. The number of rotatable bonds is 8. The van der Waals surface area contributed by atoms with Gasteiger partial charge in [0.05, 0.1) is 18.2 Å². The first-order chi connectivity index (χ1) is 9.76. The predicted molar refractivity (Wildman–Crippen MR) is 77.3 cm³/mol. The fraction of sp³-hybridized carbons (Fsp3) is 0.583. The van der Waals surface area contributed by atoms with Gasteiger partial charge in [-0.1, -0.05) is 0 Å². The zero-order valence-corrected chi connectivity index (χ0v) is 12.4. The molecule has 0 aliphatic heterocycles. The molecule has 0 radical (unpaired) electrons. The number of hydrogen-bond donors (Lipinski definition) is 1. The minimum absolute atomic E-state index is 0.200. The van der Waals surface area contributed by atoms with E-state index in [4.69, 9.17) is 21.1 Å². The first-order valence-corrected chi connectivity index (χ1v) is 6.73. The maximum absolute atomic E-state index is 5.97. The molecule has 0 aromatic carbocycles. The normalized spacial score (nSPS) is 11.2. The molecule has 2 aromatic heterocycles. The monoisotopic (exact) mass is 299 g/mol. The molecule has 20 heavy (non-hydrogen) atoms. The van der Waals surface area contributed by atoms with E-state index in [-0.39, 0.29) is 5.28 Å². The summed E-state index contributed by atoms with van der Waals surface area (Å²) >= 11 is 5.97. The maximum Gasteiger partial charge on any atom is 0.226 e. The Balaban J connectivity index is 2.26. The molecule has 0 spiro atoms. The van der Waals surface area contributed by atoms with Crippen LogP contribution in [0.15, 0.2) is 6.20 Å². The van der Waals surface area contributed by atoms with Gasteiger partial charge in [-0.05, 0) is 18.0 Å². The SMILES string of the molecule is COCCCN(CCOC)c1nc(Cl)nc2[nH]ncc12. The third-order valence-electron chi connectivity index (χ3n) is 2.90. The predicted octanol–water partition coefficient (Wildman–Crippen LogP) is 1.50. The van der Waals surface area contributed by atoms with Crippen molar-refractivity contribution in [2.75, 3.05) is 45.4 Å². The van der Waals surface area contributed by atoms with E-state index in [2.05, 4.69) is 25.1 Å². The highest BCUT2D eigenvalue weighted by Crippen LogP contribution is 2.23. The number of aromatic nitrogens is 4. The number of methoxy groups -OCH3 is 2. The number of aromatic amines is 1. The molecule has 8 heteroatoms. The van der Waals surface area contributed by atoms with Gasteiger partial charge < -0.3 is 14.4 Å². The number of nitrogens with one attached hydrogen (secondary N) is 1. The van der Waals surface area contributed by atoms with Crippen molar-refractivity contribution in [1.82, 2.24) is 20.2 Å². The Morgan fingerprint density at radius 2 is 2.00 bits per heavy atom. The molecule has 2 heterocycles. The van der Waals surface area contributed by atoms with Crippen LogP contribution in [0, 0.1) is 0 Å². The first kappa shape index (κ1) is 15.0. The third kappa shape index (κ3) is 3.56. The average Bonchev–Trinajstić information content (AvgIpc) is 2.90. The molecule has 0 unspecified atom stereocenters. The third-order valence-corrected chi connectivity index (χ3v) is 3.07. The van der Waals surface area contributed by atoms with Crippen LogP contribution in [0.5, 0.6) is 0 Å². The maximum atomic E-state index is 5.97. The second kappa shape index (κ2) is 7.37. The second-order valence-corrected chi connectivity index (χ2v) is 4.61. The van der Waals surface area contributed by atoms with E-state index in [0.717, 1.165) is 24.2 Å². The second-order valence-electron chi connectivity index (χ2n) is 4.27. The van der Waals surface area contributed by atoms with Crippen LogP contribution in [0.25, 0.3) is 11.0 Å². The van der Waals surface area contributed by atoms with Crippen molar-refractivity contribution in [1.29, 1.82) is 0 Å². The van der Waals surface area contributed by atoms with Crippen molar-refractivity contribution >= 4 is 28.5 Å². The zero-order chi connectivity index (χ0) is 14.4. The summed E-state index contributed by atoms with van der Waals surface area (Å²) in [5.41, 5.74) is 0.633. The highest BCUT2D eigenvalue weighted by atomic mass is 35.5. The Labute approximate surface area is 122 Å². The van der Waals surface area contributed by atoms with Crippen LogP contribution >= 0.6 is 11.6 Å². The highest BCUT2D eigenvalue weighted by Gasteiger charge is 2.15. The molecule has 1 N–H and O–H groups in total. The summed E-state index contributed by atoms with van der Waals surface area (Å²) in [5.74, 6) is 0.766. The van der Waals surface area contributed by atoms with E-state index in [9.17, 15) is 0 Å². The molecule has 0 aliphatic rings. The van der Waals surface area contributed by atoms with E-state index in [0.29, 0.717) is 25.4 Å². The minimum atomic E-state index is 0.200. The lowest BCUT2D eigenvalue weighted by atomic mass is 10.3. The van der Waals surface area contributed by atoms with E-state index >= 15 is 0 Å². The average molecular weight is 300 g/mol. The topological polar surface area (TPSA) is 76.2 Å². The largest absolute Gasteiger partial charge is 0.385 e. The van der Waals surface area contributed by atoms with Gasteiger partial charge in [0.1, 0.15) is 5.82 Å². The number of hydrogen-bond acceptors (Lipinski definition) is 6.